The van der Waals surface area contributed by atoms with Crippen LogP contribution in [-0.4, -0.2) is 22.0 Å². The third kappa shape index (κ3) is 3.39. The second-order valence-electron chi connectivity index (χ2n) is 3.40. The second-order valence-corrected chi connectivity index (χ2v) is 10.3. The summed E-state index contributed by atoms with van der Waals surface area (Å²) >= 11 is 18.9. The molecule has 2 atom stereocenters. The van der Waals surface area contributed by atoms with Crippen LogP contribution in [0.3, 0.4) is 0 Å². The van der Waals surface area contributed by atoms with Gasteiger partial charge in [0.25, 0.3) is 0 Å². The molecule has 0 saturated heterocycles. The van der Waals surface area contributed by atoms with E-state index in [1.165, 1.54) is 40.8 Å². The molecule has 0 saturated carbocycles. The van der Waals surface area contributed by atoms with Crippen LogP contribution in [0.25, 0.3) is 0 Å². The van der Waals surface area contributed by atoms with Crippen molar-refractivity contribution in [2.45, 2.75) is 8.32 Å². The lowest BCUT2D eigenvalue weighted by Crippen LogP contribution is -2.32. The zero-order valence-electron chi connectivity index (χ0n) is 8.49. The van der Waals surface area contributed by atoms with E-state index in [0.29, 0.717) is 5.02 Å². The molecule has 0 aliphatic heterocycles. The maximum atomic E-state index is 11.5. The van der Waals surface area contributed by atoms with Crippen LogP contribution < -0.4 is 0 Å². The highest BCUT2D eigenvalue weighted by molar-refractivity contribution is 14.1. The van der Waals surface area contributed by atoms with Crippen LogP contribution in [0.4, 0.5) is 0 Å². The van der Waals surface area contributed by atoms with Crippen LogP contribution in [0, 0.1) is 0 Å². The van der Waals surface area contributed by atoms with Gasteiger partial charge in [-0.3, -0.25) is 0 Å². The monoisotopic (exact) mass is 428 g/mol. The van der Waals surface area contributed by atoms with E-state index in [9.17, 15) is 13.5 Å². The third-order valence-corrected chi connectivity index (χ3v) is 7.88. The number of sulfone groups is 1. The minimum Gasteiger partial charge on any atom is -0.385 e. The van der Waals surface area contributed by atoms with Gasteiger partial charge in [0.15, 0.2) is 9.84 Å². The largest absolute Gasteiger partial charge is 0.385 e. The van der Waals surface area contributed by atoms with Crippen LogP contribution in [0.5, 0.6) is 0 Å². The molecule has 0 fully saturated rings. The molecule has 0 aromatic heterocycles. The first-order valence-corrected chi connectivity index (χ1v) is 8.38. The molecule has 0 spiro atoms. The van der Waals surface area contributed by atoms with Crippen LogP contribution in [0.1, 0.15) is 11.7 Å². The lowest BCUT2D eigenvalue weighted by atomic mass is 10.1. The van der Waals surface area contributed by atoms with Crippen LogP contribution in [0.15, 0.2) is 18.2 Å². The van der Waals surface area contributed by atoms with Crippen LogP contribution in [0.2, 0.25) is 10.0 Å². The van der Waals surface area contributed by atoms with Crippen LogP contribution >= 0.6 is 57.4 Å². The zero-order chi connectivity index (χ0) is 13.4. The number of aliphatic hydroxyl groups excluding tert-OH is 1. The topological polar surface area (TPSA) is 54.4 Å². The van der Waals surface area contributed by atoms with E-state index < -0.39 is 18.2 Å². The Morgan fingerprint density at radius 1 is 1.41 bits per heavy atom. The lowest BCUT2D eigenvalue weighted by Gasteiger charge is -2.25. The molecule has 0 bridgehead atoms. The quantitative estimate of drug-likeness (QED) is 0.592. The van der Waals surface area contributed by atoms with Gasteiger partial charge in [0.1, 0.15) is 6.10 Å². The van der Waals surface area contributed by atoms with E-state index in [1.807, 2.05) is 0 Å². The van der Waals surface area contributed by atoms with Gasteiger partial charge >= 0.3 is 0 Å². The Hall–Kier alpha value is 0.730. The van der Waals surface area contributed by atoms with E-state index in [2.05, 4.69) is 0 Å². The number of alkyl halides is 2. The zero-order valence-corrected chi connectivity index (χ0v) is 13.7. The molecule has 8 heteroatoms. The predicted molar refractivity (Wildman–Crippen MR) is 78.9 cm³/mol. The molecule has 1 aromatic carbocycles. The Morgan fingerprint density at radius 2 is 1.94 bits per heavy atom. The van der Waals surface area contributed by atoms with Crippen molar-refractivity contribution in [1.82, 2.24) is 0 Å². The maximum absolute atomic E-state index is 11.5. The minimum atomic E-state index is -3.67. The van der Waals surface area contributed by atoms with Crippen molar-refractivity contribution in [3.05, 3.63) is 33.8 Å². The van der Waals surface area contributed by atoms with Crippen molar-refractivity contribution in [2.75, 3.05) is 6.26 Å². The number of hydrogen-bond donors (Lipinski definition) is 1. The Balaban J connectivity index is 3.26. The van der Waals surface area contributed by atoms with E-state index in [-0.39, 0.29) is 10.6 Å². The first kappa shape index (κ1) is 15.8. The average molecular weight is 429 g/mol. The molecule has 0 heterocycles. The van der Waals surface area contributed by atoms with Crippen molar-refractivity contribution < 1.29 is 13.5 Å². The van der Waals surface area contributed by atoms with Gasteiger partial charge in [-0.05, 0) is 34.7 Å². The Morgan fingerprint density at radius 3 is 2.35 bits per heavy atom. The molecule has 1 rings (SSSR count). The highest BCUT2D eigenvalue weighted by Gasteiger charge is 2.44. The van der Waals surface area contributed by atoms with Gasteiger partial charge in [0, 0.05) is 21.9 Å². The van der Waals surface area contributed by atoms with Gasteiger partial charge < -0.3 is 5.11 Å². The number of aliphatic hydroxyl groups is 1. The summed E-state index contributed by atoms with van der Waals surface area (Å²) in [6, 6.07) is 4.35. The molecule has 3 nitrogen and oxygen atoms in total. The third-order valence-electron chi connectivity index (χ3n) is 2.07. The lowest BCUT2D eigenvalue weighted by molar-refractivity contribution is 0.188. The Bertz CT molecular complexity index is 530. The van der Waals surface area contributed by atoms with E-state index >= 15 is 0 Å². The van der Waals surface area contributed by atoms with Crippen LogP contribution in [-0.2, 0) is 9.84 Å². The van der Waals surface area contributed by atoms with Gasteiger partial charge in [-0.25, -0.2) is 8.42 Å². The highest BCUT2D eigenvalue weighted by atomic mass is 127. The SMILES string of the molecule is CS(=O)(=O)[C@@](Cl)(I)[C@@H](O)c1ccc(Cl)cc1Cl. The summed E-state index contributed by atoms with van der Waals surface area (Å²) in [5.74, 6) is 0. The first-order chi connectivity index (χ1) is 7.57. The van der Waals surface area contributed by atoms with Crippen molar-refractivity contribution in [3.8, 4) is 0 Å². The summed E-state index contributed by atoms with van der Waals surface area (Å²) in [6.45, 7) is 0. The molecule has 0 radical (unpaired) electrons. The molecule has 0 aliphatic carbocycles. The van der Waals surface area contributed by atoms with Crippen molar-refractivity contribution in [3.63, 3.8) is 0 Å². The van der Waals surface area contributed by atoms with E-state index in [1.54, 1.807) is 0 Å². The van der Waals surface area contributed by atoms with E-state index in [4.69, 9.17) is 34.8 Å². The fourth-order valence-corrected chi connectivity index (χ4v) is 2.60. The normalized spacial score (nSPS) is 17.5. The molecular formula is C9H8Cl3IO3S. The Labute approximate surface area is 128 Å². The Kier molecular flexibility index (Phi) is 5.00. The van der Waals surface area contributed by atoms with Gasteiger partial charge in [0.2, 0.25) is 2.21 Å². The number of rotatable bonds is 3. The summed E-state index contributed by atoms with van der Waals surface area (Å²) < 4.78 is 21.1. The molecule has 1 N–H and O–H groups in total. The summed E-state index contributed by atoms with van der Waals surface area (Å²) in [4.78, 5) is 0. The van der Waals surface area contributed by atoms with Gasteiger partial charge in [-0.1, -0.05) is 40.9 Å². The minimum absolute atomic E-state index is 0.162. The van der Waals surface area contributed by atoms with Gasteiger partial charge in [-0.2, -0.15) is 0 Å². The first-order valence-electron chi connectivity index (χ1n) is 4.28. The van der Waals surface area contributed by atoms with Gasteiger partial charge in [0.05, 0.1) is 0 Å². The summed E-state index contributed by atoms with van der Waals surface area (Å²) in [7, 11) is -3.67. The molecule has 96 valence electrons. The fourth-order valence-electron chi connectivity index (χ4n) is 1.11. The summed E-state index contributed by atoms with van der Waals surface area (Å²) in [5, 5.41) is 10.6. The van der Waals surface area contributed by atoms with Crippen molar-refractivity contribution in [1.29, 1.82) is 0 Å². The molecule has 17 heavy (non-hydrogen) atoms. The molecule has 0 amide bonds. The summed E-state index contributed by atoms with van der Waals surface area (Å²) in [6.07, 6.45) is -0.510. The van der Waals surface area contributed by atoms with E-state index in [0.717, 1.165) is 6.26 Å². The summed E-state index contributed by atoms with van der Waals surface area (Å²) in [5.41, 5.74) is 0.214. The maximum Gasteiger partial charge on any atom is 0.225 e. The van der Waals surface area contributed by atoms with Gasteiger partial charge in [-0.15, -0.1) is 0 Å². The van der Waals surface area contributed by atoms with Crippen molar-refractivity contribution >= 4 is 67.2 Å². The van der Waals surface area contributed by atoms with Crippen molar-refractivity contribution in [2.24, 2.45) is 0 Å². The second kappa shape index (κ2) is 5.38. The molecule has 0 aliphatic rings. The molecule has 1 aromatic rings. The number of hydrogen-bond acceptors (Lipinski definition) is 3. The predicted octanol–water partition coefficient (Wildman–Crippen LogP) is 3.40. The average Bonchev–Trinajstić information content (AvgIpc) is 2.14. The number of halogens is 4. The number of benzene rings is 1. The molecular weight excluding hydrogens is 421 g/mol. The highest BCUT2D eigenvalue weighted by Crippen LogP contribution is 2.44. The molecule has 0 unspecified atom stereocenters. The fraction of sp³-hybridized carbons (Fsp3) is 0.333. The standard InChI is InChI=1S/C9H8Cl3IO3S/c1-17(15,16)9(12,13)8(14)6-3-2-5(10)4-7(6)11/h2-4,8,14H,1H3/t8-,9-/m0/s1. The smallest absolute Gasteiger partial charge is 0.225 e.